The zero-order chi connectivity index (χ0) is 15.9. The molecular weight excluding hydrogens is 288 g/mol. The minimum absolute atomic E-state index is 0.0470. The lowest BCUT2D eigenvalue weighted by atomic mass is 10.1. The van der Waals surface area contributed by atoms with Crippen molar-refractivity contribution in [3.63, 3.8) is 0 Å². The van der Waals surface area contributed by atoms with E-state index in [-0.39, 0.29) is 31.1 Å². The number of imidazole rings is 1. The third kappa shape index (κ3) is 4.27. The molecule has 1 heterocycles. The van der Waals surface area contributed by atoms with Crippen LogP contribution in [-0.2, 0) is 4.79 Å². The van der Waals surface area contributed by atoms with Gasteiger partial charge < -0.3 is 9.84 Å². The Hall–Kier alpha value is -2.96. The molecule has 1 aromatic carbocycles. The van der Waals surface area contributed by atoms with Crippen molar-refractivity contribution in [1.29, 1.82) is 0 Å². The van der Waals surface area contributed by atoms with E-state index in [9.17, 15) is 14.4 Å². The van der Waals surface area contributed by atoms with Crippen LogP contribution >= 0.6 is 0 Å². The molecule has 0 aliphatic heterocycles. The van der Waals surface area contributed by atoms with Crippen LogP contribution in [0.5, 0.6) is 5.75 Å². The van der Waals surface area contributed by atoms with Crippen LogP contribution in [-0.4, -0.2) is 38.9 Å². The van der Waals surface area contributed by atoms with Crippen molar-refractivity contribution >= 4 is 17.7 Å². The second-order valence-corrected chi connectivity index (χ2v) is 4.49. The predicted octanol–water partition coefficient (Wildman–Crippen LogP) is 1.65. The highest BCUT2D eigenvalue weighted by Gasteiger charge is 2.09. The van der Waals surface area contributed by atoms with Crippen LogP contribution in [0.2, 0.25) is 0 Å². The first-order chi connectivity index (χ1) is 10.6. The summed E-state index contributed by atoms with van der Waals surface area (Å²) in [6.45, 7) is -0.150. The number of nitrogens with zero attached hydrogens (tertiary/aromatic N) is 2. The smallest absolute Gasteiger partial charge is 0.303 e. The van der Waals surface area contributed by atoms with Crippen molar-refractivity contribution in [2.75, 3.05) is 6.61 Å². The van der Waals surface area contributed by atoms with E-state index in [0.29, 0.717) is 11.3 Å². The largest absolute Gasteiger partial charge is 0.484 e. The molecule has 0 bridgehead atoms. The summed E-state index contributed by atoms with van der Waals surface area (Å²) in [4.78, 5) is 37.6. The van der Waals surface area contributed by atoms with E-state index < -0.39 is 5.97 Å². The first kappa shape index (κ1) is 15.4. The van der Waals surface area contributed by atoms with Gasteiger partial charge in [-0.1, -0.05) is 0 Å². The Kier molecular flexibility index (Phi) is 5.02. The minimum atomic E-state index is -1.01. The van der Waals surface area contributed by atoms with E-state index >= 15 is 0 Å². The number of Topliss-reactive ketones (excluding diaryl/α,β-unsaturated/α-hetero) is 1. The van der Waals surface area contributed by atoms with E-state index in [4.69, 9.17) is 9.84 Å². The Labute approximate surface area is 126 Å². The molecular formula is C15H14N2O5. The number of aromatic nitrogens is 2. The number of aliphatic carboxylic acids is 1. The average molecular weight is 302 g/mol. The second-order valence-electron chi connectivity index (χ2n) is 4.49. The predicted molar refractivity (Wildman–Crippen MR) is 76.0 cm³/mol. The van der Waals surface area contributed by atoms with Crippen LogP contribution in [0.4, 0.5) is 0 Å². The van der Waals surface area contributed by atoms with Gasteiger partial charge in [0.15, 0.2) is 12.4 Å². The van der Waals surface area contributed by atoms with Gasteiger partial charge in [0.05, 0.1) is 6.42 Å². The number of benzene rings is 1. The highest BCUT2D eigenvalue weighted by Crippen LogP contribution is 2.14. The Morgan fingerprint density at radius 1 is 1.14 bits per heavy atom. The van der Waals surface area contributed by atoms with Gasteiger partial charge in [0.1, 0.15) is 12.1 Å². The van der Waals surface area contributed by atoms with Gasteiger partial charge in [0.25, 0.3) is 5.91 Å². The van der Waals surface area contributed by atoms with Crippen molar-refractivity contribution in [2.24, 2.45) is 0 Å². The van der Waals surface area contributed by atoms with Crippen LogP contribution < -0.4 is 4.74 Å². The topological polar surface area (TPSA) is 98.5 Å². The number of ketones is 1. The molecule has 0 saturated heterocycles. The van der Waals surface area contributed by atoms with Crippen molar-refractivity contribution in [1.82, 2.24) is 9.55 Å². The monoisotopic (exact) mass is 302 g/mol. The van der Waals surface area contributed by atoms with Gasteiger partial charge in [-0.3, -0.25) is 19.0 Å². The molecule has 1 aromatic heterocycles. The fraction of sp³-hybridized carbons (Fsp3) is 0.200. The van der Waals surface area contributed by atoms with Gasteiger partial charge >= 0.3 is 5.97 Å². The quantitative estimate of drug-likeness (QED) is 0.781. The fourth-order valence-corrected chi connectivity index (χ4v) is 1.73. The summed E-state index contributed by atoms with van der Waals surface area (Å²) in [6, 6.07) is 6.22. The van der Waals surface area contributed by atoms with Crippen LogP contribution in [0.15, 0.2) is 43.0 Å². The van der Waals surface area contributed by atoms with Crippen LogP contribution in [0, 0.1) is 0 Å². The molecule has 0 unspecified atom stereocenters. The molecule has 2 rings (SSSR count). The molecule has 0 saturated carbocycles. The standard InChI is InChI=1S/C15H14N2O5/c18-13(5-6-15(20)21)11-1-3-12(4-2-11)22-9-14(19)17-8-7-16-10-17/h1-4,7-8,10H,5-6,9H2,(H,20,21). The molecule has 7 heteroatoms. The van der Waals surface area contributed by atoms with E-state index in [1.807, 2.05) is 0 Å². The first-order valence-corrected chi connectivity index (χ1v) is 6.55. The summed E-state index contributed by atoms with van der Waals surface area (Å²) in [5, 5.41) is 8.54. The summed E-state index contributed by atoms with van der Waals surface area (Å²) in [5.74, 6) is -1.07. The Balaban J connectivity index is 1.87. The van der Waals surface area contributed by atoms with E-state index in [2.05, 4.69) is 4.98 Å². The number of hydrogen-bond donors (Lipinski definition) is 1. The lowest BCUT2D eigenvalue weighted by Crippen LogP contribution is -2.17. The van der Waals surface area contributed by atoms with Crippen molar-refractivity contribution in [2.45, 2.75) is 12.8 Å². The highest BCUT2D eigenvalue weighted by molar-refractivity contribution is 5.97. The average Bonchev–Trinajstić information content (AvgIpc) is 3.05. The zero-order valence-electron chi connectivity index (χ0n) is 11.6. The molecule has 114 valence electrons. The maximum atomic E-state index is 11.7. The highest BCUT2D eigenvalue weighted by atomic mass is 16.5. The SMILES string of the molecule is O=C(O)CCC(=O)c1ccc(OCC(=O)n2ccnc2)cc1. The van der Waals surface area contributed by atoms with Gasteiger partial charge in [0.2, 0.25) is 0 Å². The second kappa shape index (κ2) is 7.16. The molecule has 0 atom stereocenters. The maximum Gasteiger partial charge on any atom is 0.303 e. The molecule has 7 nitrogen and oxygen atoms in total. The third-order valence-electron chi connectivity index (χ3n) is 2.90. The Morgan fingerprint density at radius 3 is 2.45 bits per heavy atom. The fourth-order valence-electron chi connectivity index (χ4n) is 1.73. The molecule has 0 amide bonds. The van der Waals surface area contributed by atoms with Crippen molar-refractivity contribution in [3.05, 3.63) is 48.5 Å². The summed E-state index contributed by atoms with van der Waals surface area (Å²) < 4.78 is 6.63. The molecule has 0 aliphatic carbocycles. The number of carbonyl (C=O) groups is 3. The number of ether oxygens (including phenoxy) is 1. The van der Waals surface area contributed by atoms with Crippen LogP contribution in [0.1, 0.15) is 28.0 Å². The summed E-state index contributed by atoms with van der Waals surface area (Å²) in [6.07, 6.45) is 4.16. The molecule has 2 aromatic rings. The lowest BCUT2D eigenvalue weighted by molar-refractivity contribution is -0.136. The number of rotatable bonds is 7. The molecule has 22 heavy (non-hydrogen) atoms. The number of carbonyl (C=O) groups excluding carboxylic acids is 2. The zero-order valence-corrected chi connectivity index (χ0v) is 11.6. The molecule has 0 fully saturated rings. The molecule has 0 aliphatic rings. The van der Waals surface area contributed by atoms with Crippen LogP contribution in [0.3, 0.4) is 0 Å². The van der Waals surface area contributed by atoms with Crippen molar-refractivity contribution < 1.29 is 24.2 Å². The first-order valence-electron chi connectivity index (χ1n) is 6.55. The Morgan fingerprint density at radius 2 is 1.86 bits per heavy atom. The van der Waals surface area contributed by atoms with Gasteiger partial charge in [0, 0.05) is 24.4 Å². The van der Waals surface area contributed by atoms with Gasteiger partial charge in [-0.05, 0) is 24.3 Å². The maximum absolute atomic E-state index is 11.7. The van der Waals surface area contributed by atoms with Crippen LogP contribution in [0.25, 0.3) is 0 Å². The summed E-state index contributed by atoms with van der Waals surface area (Å²) in [5.41, 5.74) is 0.412. The normalized spacial score (nSPS) is 10.2. The van der Waals surface area contributed by atoms with Gasteiger partial charge in [-0.25, -0.2) is 4.98 Å². The molecule has 0 radical (unpaired) electrons. The third-order valence-corrected chi connectivity index (χ3v) is 2.90. The van der Waals surface area contributed by atoms with E-state index in [0.717, 1.165) is 0 Å². The Bertz CT molecular complexity index is 662. The lowest BCUT2D eigenvalue weighted by Gasteiger charge is -2.06. The molecule has 0 spiro atoms. The summed E-state index contributed by atoms with van der Waals surface area (Å²) in [7, 11) is 0. The number of carboxylic acid groups (broad SMARTS) is 1. The van der Waals surface area contributed by atoms with Gasteiger partial charge in [-0.2, -0.15) is 0 Å². The summed E-state index contributed by atoms with van der Waals surface area (Å²) >= 11 is 0. The van der Waals surface area contributed by atoms with E-state index in [1.165, 1.54) is 23.3 Å². The van der Waals surface area contributed by atoms with Crippen molar-refractivity contribution in [3.8, 4) is 5.75 Å². The molecule has 1 N–H and O–H groups in total. The van der Waals surface area contributed by atoms with Gasteiger partial charge in [-0.15, -0.1) is 0 Å². The van der Waals surface area contributed by atoms with E-state index in [1.54, 1.807) is 24.3 Å². The number of carboxylic acids is 1. The minimum Gasteiger partial charge on any atom is -0.484 e. The number of hydrogen-bond acceptors (Lipinski definition) is 5.